The SMILES string of the molecule is NCCCC(=O)N1CCN(c2ccc(N3CCC(=O)NC3=O)cc2)CC1. The zero-order valence-electron chi connectivity index (χ0n) is 14.8. The molecule has 2 heterocycles. The Kier molecular flexibility index (Phi) is 5.72. The Morgan fingerprint density at radius 1 is 1.00 bits per heavy atom. The average Bonchev–Trinajstić information content (AvgIpc) is 2.66. The first kappa shape index (κ1) is 18.2. The number of nitrogens with zero attached hydrogens (tertiary/aromatic N) is 3. The number of carbonyl (C=O) groups excluding carboxylic acids is 3. The Morgan fingerprint density at radius 3 is 2.27 bits per heavy atom. The van der Waals surface area contributed by atoms with Crippen LogP contribution in [0.3, 0.4) is 0 Å². The fourth-order valence-corrected chi connectivity index (χ4v) is 3.28. The number of carbonyl (C=O) groups is 3. The maximum Gasteiger partial charge on any atom is 0.328 e. The second-order valence-corrected chi connectivity index (χ2v) is 6.53. The molecule has 0 spiro atoms. The molecule has 0 aromatic heterocycles. The van der Waals surface area contributed by atoms with E-state index in [1.807, 2.05) is 29.2 Å². The number of rotatable bonds is 5. The molecule has 26 heavy (non-hydrogen) atoms. The number of piperazine rings is 1. The fraction of sp³-hybridized carbons (Fsp3) is 0.500. The van der Waals surface area contributed by atoms with E-state index in [0.29, 0.717) is 39.0 Å². The number of nitrogens with one attached hydrogen (secondary N) is 1. The molecular formula is C18H25N5O3. The molecule has 0 radical (unpaired) electrons. The summed E-state index contributed by atoms with van der Waals surface area (Å²) in [4.78, 5) is 40.9. The van der Waals surface area contributed by atoms with Gasteiger partial charge in [-0.15, -0.1) is 0 Å². The van der Waals surface area contributed by atoms with Crippen LogP contribution in [-0.4, -0.2) is 62.0 Å². The van der Waals surface area contributed by atoms with Crippen molar-refractivity contribution >= 4 is 29.2 Å². The first-order valence-electron chi connectivity index (χ1n) is 9.02. The van der Waals surface area contributed by atoms with Crippen LogP contribution in [0.15, 0.2) is 24.3 Å². The van der Waals surface area contributed by atoms with E-state index in [-0.39, 0.29) is 17.8 Å². The van der Waals surface area contributed by atoms with Crippen molar-refractivity contribution in [2.24, 2.45) is 5.73 Å². The monoisotopic (exact) mass is 359 g/mol. The summed E-state index contributed by atoms with van der Waals surface area (Å²) in [6, 6.07) is 7.36. The molecule has 0 aliphatic carbocycles. The Morgan fingerprint density at radius 2 is 1.65 bits per heavy atom. The molecule has 0 unspecified atom stereocenters. The summed E-state index contributed by atoms with van der Waals surface area (Å²) in [5.41, 5.74) is 7.30. The molecule has 2 saturated heterocycles. The summed E-state index contributed by atoms with van der Waals surface area (Å²) in [7, 11) is 0. The molecule has 0 atom stereocenters. The molecule has 3 rings (SSSR count). The van der Waals surface area contributed by atoms with Gasteiger partial charge >= 0.3 is 6.03 Å². The Balaban J connectivity index is 1.56. The van der Waals surface area contributed by atoms with E-state index in [2.05, 4.69) is 10.2 Å². The lowest BCUT2D eigenvalue weighted by Crippen LogP contribution is -2.49. The number of imide groups is 1. The smallest absolute Gasteiger partial charge is 0.328 e. The van der Waals surface area contributed by atoms with E-state index in [9.17, 15) is 14.4 Å². The summed E-state index contributed by atoms with van der Waals surface area (Å²) >= 11 is 0. The third-order valence-electron chi connectivity index (χ3n) is 4.81. The highest BCUT2D eigenvalue weighted by molar-refractivity contribution is 6.05. The molecule has 8 nitrogen and oxygen atoms in total. The van der Waals surface area contributed by atoms with Crippen LogP contribution >= 0.6 is 0 Å². The number of urea groups is 1. The predicted octanol–water partition coefficient (Wildman–Crippen LogP) is 0.520. The second-order valence-electron chi connectivity index (χ2n) is 6.53. The molecule has 0 saturated carbocycles. The highest BCUT2D eigenvalue weighted by Crippen LogP contribution is 2.23. The number of benzene rings is 1. The fourth-order valence-electron chi connectivity index (χ4n) is 3.28. The van der Waals surface area contributed by atoms with Crippen molar-refractivity contribution in [1.82, 2.24) is 10.2 Å². The number of hydrogen-bond acceptors (Lipinski definition) is 5. The van der Waals surface area contributed by atoms with Crippen LogP contribution < -0.4 is 20.9 Å². The Bertz CT molecular complexity index is 668. The van der Waals surface area contributed by atoms with Crippen molar-refractivity contribution in [3.63, 3.8) is 0 Å². The van der Waals surface area contributed by atoms with Gasteiger partial charge in [-0.2, -0.15) is 0 Å². The van der Waals surface area contributed by atoms with E-state index >= 15 is 0 Å². The predicted molar refractivity (Wildman–Crippen MR) is 99.0 cm³/mol. The largest absolute Gasteiger partial charge is 0.368 e. The average molecular weight is 359 g/mol. The van der Waals surface area contributed by atoms with Gasteiger partial charge in [-0.1, -0.05) is 0 Å². The minimum Gasteiger partial charge on any atom is -0.368 e. The van der Waals surface area contributed by atoms with Gasteiger partial charge in [0.1, 0.15) is 0 Å². The first-order valence-corrected chi connectivity index (χ1v) is 9.02. The van der Waals surface area contributed by atoms with Crippen LogP contribution in [0.4, 0.5) is 16.2 Å². The Labute approximate surface area is 152 Å². The molecule has 3 N–H and O–H groups in total. The van der Waals surface area contributed by atoms with E-state index in [1.54, 1.807) is 4.90 Å². The topological polar surface area (TPSA) is 99.0 Å². The molecule has 2 aliphatic rings. The summed E-state index contributed by atoms with van der Waals surface area (Å²) in [6.45, 7) is 3.93. The van der Waals surface area contributed by atoms with Crippen LogP contribution in [0.5, 0.6) is 0 Å². The highest BCUT2D eigenvalue weighted by Gasteiger charge is 2.25. The van der Waals surface area contributed by atoms with Crippen molar-refractivity contribution in [3.8, 4) is 0 Å². The molecule has 2 fully saturated rings. The summed E-state index contributed by atoms with van der Waals surface area (Å²) in [5.74, 6) is -0.0575. The summed E-state index contributed by atoms with van der Waals surface area (Å²) < 4.78 is 0. The summed E-state index contributed by atoms with van der Waals surface area (Å²) in [6.07, 6.45) is 1.56. The zero-order valence-corrected chi connectivity index (χ0v) is 14.8. The van der Waals surface area contributed by atoms with Gasteiger partial charge in [-0.3, -0.25) is 19.8 Å². The van der Waals surface area contributed by atoms with Crippen LogP contribution in [-0.2, 0) is 9.59 Å². The first-order chi connectivity index (χ1) is 12.6. The zero-order chi connectivity index (χ0) is 18.5. The number of anilines is 2. The second kappa shape index (κ2) is 8.18. The van der Waals surface area contributed by atoms with E-state index in [1.165, 1.54) is 0 Å². The van der Waals surface area contributed by atoms with E-state index in [4.69, 9.17) is 5.73 Å². The van der Waals surface area contributed by atoms with E-state index in [0.717, 1.165) is 30.9 Å². The normalized spacial score (nSPS) is 18.1. The molecule has 8 heteroatoms. The van der Waals surface area contributed by atoms with Gasteiger partial charge in [0.05, 0.1) is 0 Å². The quantitative estimate of drug-likeness (QED) is 0.799. The van der Waals surface area contributed by atoms with Gasteiger partial charge in [-0.05, 0) is 37.2 Å². The van der Waals surface area contributed by atoms with Gasteiger partial charge in [0.25, 0.3) is 0 Å². The van der Waals surface area contributed by atoms with Crippen LogP contribution in [0.2, 0.25) is 0 Å². The number of amides is 4. The third-order valence-corrected chi connectivity index (χ3v) is 4.81. The number of nitrogens with two attached hydrogens (primary N) is 1. The van der Waals surface area contributed by atoms with Crippen LogP contribution in [0, 0.1) is 0 Å². The molecule has 1 aromatic rings. The molecular weight excluding hydrogens is 334 g/mol. The molecule has 1 aromatic carbocycles. The minimum absolute atomic E-state index is 0.177. The lowest BCUT2D eigenvalue weighted by Gasteiger charge is -2.36. The van der Waals surface area contributed by atoms with Crippen molar-refractivity contribution in [2.45, 2.75) is 19.3 Å². The lowest BCUT2D eigenvalue weighted by molar-refractivity contribution is -0.131. The van der Waals surface area contributed by atoms with Gasteiger partial charge in [0, 0.05) is 56.9 Å². The minimum atomic E-state index is -0.376. The molecule has 4 amide bonds. The van der Waals surface area contributed by atoms with E-state index < -0.39 is 0 Å². The van der Waals surface area contributed by atoms with Crippen molar-refractivity contribution < 1.29 is 14.4 Å². The molecule has 2 aliphatic heterocycles. The van der Waals surface area contributed by atoms with Gasteiger partial charge in [-0.25, -0.2) is 4.79 Å². The maximum absolute atomic E-state index is 12.1. The Hall–Kier alpha value is -2.61. The van der Waals surface area contributed by atoms with Crippen molar-refractivity contribution in [1.29, 1.82) is 0 Å². The highest BCUT2D eigenvalue weighted by atomic mass is 16.2. The van der Waals surface area contributed by atoms with Crippen LogP contribution in [0.1, 0.15) is 19.3 Å². The third kappa shape index (κ3) is 4.13. The molecule has 140 valence electrons. The van der Waals surface area contributed by atoms with Gasteiger partial charge < -0.3 is 15.5 Å². The van der Waals surface area contributed by atoms with Gasteiger partial charge in [0.15, 0.2) is 0 Å². The van der Waals surface area contributed by atoms with Crippen molar-refractivity contribution in [3.05, 3.63) is 24.3 Å². The number of hydrogen-bond donors (Lipinski definition) is 2. The lowest BCUT2D eigenvalue weighted by atomic mass is 10.2. The van der Waals surface area contributed by atoms with Gasteiger partial charge in [0.2, 0.25) is 11.8 Å². The molecule has 0 bridgehead atoms. The standard InChI is InChI=1S/C18H25N5O3/c19-8-1-2-17(25)22-12-10-21(11-13-22)14-3-5-15(6-4-14)23-9-7-16(24)20-18(23)26/h3-6H,1-2,7-13,19H2,(H,20,24,26). The van der Waals surface area contributed by atoms with Crippen LogP contribution in [0.25, 0.3) is 0 Å². The van der Waals surface area contributed by atoms with Crippen molar-refractivity contribution in [2.75, 3.05) is 49.1 Å². The maximum atomic E-state index is 12.1. The summed E-state index contributed by atoms with van der Waals surface area (Å²) in [5, 5.41) is 2.33.